The third-order valence-electron chi connectivity index (χ3n) is 4.51. The molecule has 0 radical (unpaired) electrons. The van der Waals surface area contributed by atoms with Crippen LogP contribution in [0.25, 0.3) is 11.0 Å². The molecule has 0 spiro atoms. The summed E-state index contributed by atoms with van der Waals surface area (Å²) in [6.45, 7) is 0. The van der Waals surface area contributed by atoms with Crippen LogP contribution in [0.1, 0.15) is 21.5 Å². The molecule has 0 aliphatic carbocycles. The topological polar surface area (TPSA) is 113 Å². The standard InChI is InChI=1S/C22H16ClN5O3S/c23-17-10-7-15(11-20(17)28(30)31)12-24-27-21(29)16-8-5-14(6-9-16)13-32-22-25-18-3-1-2-4-19(18)26-22/h1-12H,13H2,(H,25,26)(H,27,29). The molecule has 8 nitrogen and oxygen atoms in total. The number of hydrogen-bond donors (Lipinski definition) is 2. The number of hydrogen-bond acceptors (Lipinski definition) is 6. The minimum Gasteiger partial charge on any atom is -0.333 e. The van der Waals surface area contributed by atoms with Crippen molar-refractivity contribution >= 4 is 52.2 Å². The third-order valence-corrected chi connectivity index (χ3v) is 5.77. The van der Waals surface area contributed by atoms with E-state index in [1.165, 1.54) is 18.3 Å². The molecule has 0 saturated carbocycles. The number of para-hydroxylation sites is 2. The van der Waals surface area contributed by atoms with Crippen LogP contribution in [0.3, 0.4) is 0 Å². The fraction of sp³-hybridized carbons (Fsp3) is 0.0455. The molecule has 1 amide bonds. The molecule has 0 atom stereocenters. The molecule has 160 valence electrons. The highest BCUT2D eigenvalue weighted by Gasteiger charge is 2.12. The second-order valence-corrected chi connectivity index (χ2v) is 8.08. The van der Waals surface area contributed by atoms with Gasteiger partial charge in [-0.3, -0.25) is 14.9 Å². The number of nitrogens with zero attached hydrogens (tertiary/aromatic N) is 3. The number of rotatable bonds is 7. The summed E-state index contributed by atoms with van der Waals surface area (Å²) in [5, 5.41) is 15.7. The van der Waals surface area contributed by atoms with Crippen molar-refractivity contribution in [2.45, 2.75) is 10.9 Å². The Labute approximate surface area is 191 Å². The Morgan fingerprint density at radius 3 is 2.72 bits per heavy atom. The number of imidazole rings is 1. The van der Waals surface area contributed by atoms with Gasteiger partial charge < -0.3 is 4.98 Å². The van der Waals surface area contributed by atoms with Crippen LogP contribution in [0.5, 0.6) is 0 Å². The zero-order valence-corrected chi connectivity index (χ0v) is 18.1. The van der Waals surface area contributed by atoms with Gasteiger partial charge in [0.15, 0.2) is 5.16 Å². The second-order valence-electron chi connectivity index (χ2n) is 6.71. The summed E-state index contributed by atoms with van der Waals surface area (Å²) >= 11 is 7.36. The number of carbonyl (C=O) groups is 1. The van der Waals surface area contributed by atoms with Gasteiger partial charge in [-0.15, -0.1) is 0 Å². The molecule has 4 aromatic rings. The van der Waals surface area contributed by atoms with Crippen molar-refractivity contribution in [1.29, 1.82) is 0 Å². The average molecular weight is 466 g/mol. The molecule has 0 aliphatic heterocycles. The number of thioether (sulfide) groups is 1. The molecule has 2 N–H and O–H groups in total. The number of aromatic nitrogens is 2. The van der Waals surface area contributed by atoms with Crippen LogP contribution in [-0.2, 0) is 5.75 Å². The Hall–Kier alpha value is -3.69. The predicted octanol–water partition coefficient (Wildman–Crippen LogP) is 5.18. The number of fused-ring (bicyclic) bond motifs is 1. The molecule has 0 fully saturated rings. The summed E-state index contributed by atoms with van der Waals surface area (Å²) in [5.74, 6) is 0.316. The molecular weight excluding hydrogens is 450 g/mol. The number of hydrazone groups is 1. The molecule has 0 unspecified atom stereocenters. The molecule has 1 heterocycles. The van der Waals surface area contributed by atoms with E-state index in [4.69, 9.17) is 11.6 Å². The van der Waals surface area contributed by atoms with Crippen molar-refractivity contribution in [2.24, 2.45) is 5.10 Å². The van der Waals surface area contributed by atoms with Gasteiger partial charge in [0.05, 0.1) is 22.2 Å². The van der Waals surface area contributed by atoms with Crippen molar-refractivity contribution in [3.63, 3.8) is 0 Å². The van der Waals surface area contributed by atoms with E-state index < -0.39 is 4.92 Å². The molecule has 4 rings (SSSR count). The van der Waals surface area contributed by atoms with Gasteiger partial charge in [-0.1, -0.05) is 53.7 Å². The van der Waals surface area contributed by atoms with Gasteiger partial charge in [-0.2, -0.15) is 5.10 Å². The van der Waals surface area contributed by atoms with Crippen molar-refractivity contribution in [2.75, 3.05) is 0 Å². The predicted molar refractivity (Wildman–Crippen MR) is 125 cm³/mol. The lowest BCUT2D eigenvalue weighted by Gasteiger charge is -2.03. The first kappa shape index (κ1) is 21.5. The Morgan fingerprint density at radius 1 is 1.19 bits per heavy atom. The molecule has 0 aliphatic rings. The zero-order chi connectivity index (χ0) is 22.5. The smallest absolute Gasteiger partial charge is 0.288 e. The average Bonchev–Trinajstić information content (AvgIpc) is 3.22. The van der Waals surface area contributed by atoms with Crippen LogP contribution in [0.2, 0.25) is 5.02 Å². The Bertz CT molecular complexity index is 1290. The minimum atomic E-state index is -0.577. The first-order valence-electron chi connectivity index (χ1n) is 9.43. The van der Waals surface area contributed by atoms with Crippen LogP contribution >= 0.6 is 23.4 Å². The number of benzene rings is 3. The summed E-state index contributed by atoms with van der Waals surface area (Å²) in [4.78, 5) is 30.4. The van der Waals surface area contributed by atoms with E-state index in [0.717, 1.165) is 21.8 Å². The quantitative estimate of drug-likeness (QED) is 0.169. The van der Waals surface area contributed by atoms with Gasteiger partial charge in [0.25, 0.3) is 11.6 Å². The Morgan fingerprint density at radius 2 is 1.97 bits per heavy atom. The van der Waals surface area contributed by atoms with E-state index in [1.54, 1.807) is 30.0 Å². The fourth-order valence-electron chi connectivity index (χ4n) is 2.88. The SMILES string of the molecule is O=C(NN=Cc1ccc(Cl)c([N+](=O)[O-])c1)c1ccc(CSc2nc3ccccc3[nH]2)cc1. The number of H-pyrrole nitrogens is 1. The van der Waals surface area contributed by atoms with Crippen LogP contribution in [0.15, 0.2) is 77.0 Å². The molecule has 0 bridgehead atoms. The highest BCUT2D eigenvalue weighted by molar-refractivity contribution is 7.98. The van der Waals surface area contributed by atoms with E-state index >= 15 is 0 Å². The monoisotopic (exact) mass is 465 g/mol. The summed E-state index contributed by atoms with van der Waals surface area (Å²) in [7, 11) is 0. The second kappa shape index (κ2) is 9.63. The number of aromatic amines is 1. The largest absolute Gasteiger partial charge is 0.333 e. The number of nitro benzene ring substituents is 1. The van der Waals surface area contributed by atoms with E-state index in [9.17, 15) is 14.9 Å². The van der Waals surface area contributed by atoms with Crippen molar-refractivity contribution in [3.8, 4) is 0 Å². The van der Waals surface area contributed by atoms with Crippen LogP contribution in [0, 0.1) is 10.1 Å². The molecule has 10 heteroatoms. The Kier molecular flexibility index (Phi) is 6.48. The van der Waals surface area contributed by atoms with Crippen LogP contribution in [0.4, 0.5) is 5.69 Å². The summed E-state index contributed by atoms with van der Waals surface area (Å²) < 4.78 is 0. The molecule has 32 heavy (non-hydrogen) atoms. The highest BCUT2D eigenvalue weighted by atomic mass is 35.5. The van der Waals surface area contributed by atoms with Gasteiger partial charge in [-0.05, 0) is 35.9 Å². The lowest BCUT2D eigenvalue weighted by atomic mass is 10.1. The van der Waals surface area contributed by atoms with E-state index in [0.29, 0.717) is 16.9 Å². The fourth-order valence-corrected chi connectivity index (χ4v) is 3.91. The van der Waals surface area contributed by atoms with Gasteiger partial charge in [0.1, 0.15) is 5.02 Å². The molecule has 0 saturated heterocycles. The van der Waals surface area contributed by atoms with E-state index in [1.807, 2.05) is 36.4 Å². The lowest BCUT2D eigenvalue weighted by Crippen LogP contribution is -2.17. The summed E-state index contributed by atoms with van der Waals surface area (Å²) in [5.41, 5.74) is 6.04. The number of nitrogens with one attached hydrogen (secondary N) is 2. The highest BCUT2D eigenvalue weighted by Crippen LogP contribution is 2.25. The number of amides is 1. The van der Waals surface area contributed by atoms with Crippen molar-refractivity contribution < 1.29 is 9.72 Å². The van der Waals surface area contributed by atoms with Gasteiger partial charge in [-0.25, -0.2) is 10.4 Å². The van der Waals surface area contributed by atoms with E-state index in [2.05, 4.69) is 20.5 Å². The first-order valence-corrected chi connectivity index (χ1v) is 10.8. The summed E-state index contributed by atoms with van der Waals surface area (Å²) in [6, 6.07) is 19.3. The third kappa shape index (κ3) is 5.13. The number of nitro groups is 1. The van der Waals surface area contributed by atoms with Crippen LogP contribution in [-0.4, -0.2) is 27.0 Å². The van der Waals surface area contributed by atoms with E-state index in [-0.39, 0.29) is 16.6 Å². The molecule has 3 aromatic carbocycles. The zero-order valence-electron chi connectivity index (χ0n) is 16.5. The lowest BCUT2D eigenvalue weighted by molar-refractivity contribution is -0.384. The summed E-state index contributed by atoms with van der Waals surface area (Å²) in [6.07, 6.45) is 1.32. The molecule has 1 aromatic heterocycles. The molecular formula is C22H16ClN5O3S. The van der Waals surface area contributed by atoms with Gasteiger partial charge >= 0.3 is 0 Å². The van der Waals surface area contributed by atoms with Gasteiger partial charge in [0.2, 0.25) is 0 Å². The minimum absolute atomic E-state index is 0.0368. The van der Waals surface area contributed by atoms with Crippen LogP contribution < -0.4 is 5.43 Å². The first-order chi connectivity index (χ1) is 15.5. The maximum atomic E-state index is 12.3. The van der Waals surface area contributed by atoms with Gasteiger partial charge in [0, 0.05) is 22.9 Å². The maximum absolute atomic E-state index is 12.3. The number of halogens is 1. The maximum Gasteiger partial charge on any atom is 0.288 e. The Balaban J connectivity index is 1.33. The number of carbonyl (C=O) groups excluding carboxylic acids is 1. The normalized spacial score (nSPS) is 11.2. The van der Waals surface area contributed by atoms with Crippen molar-refractivity contribution in [1.82, 2.24) is 15.4 Å². The van der Waals surface area contributed by atoms with Crippen molar-refractivity contribution in [3.05, 3.63) is 98.6 Å².